The number of benzene rings is 1. The Bertz CT molecular complexity index is 1030. The Morgan fingerprint density at radius 1 is 1.21 bits per heavy atom. The molecule has 2 N–H and O–H groups in total. The molecule has 150 valence electrons. The summed E-state index contributed by atoms with van der Waals surface area (Å²) in [6.45, 7) is 10.1. The Morgan fingerprint density at radius 3 is 2.66 bits per heavy atom. The van der Waals surface area contributed by atoms with E-state index in [0.717, 1.165) is 39.2 Å². The fraction of sp³-hybridized carbons (Fsp3) is 0.217. The lowest BCUT2D eigenvalue weighted by atomic mass is 10.1. The number of rotatable bonds is 6. The van der Waals surface area contributed by atoms with Crippen LogP contribution in [0.3, 0.4) is 0 Å². The van der Waals surface area contributed by atoms with Crippen LogP contribution in [0.2, 0.25) is 0 Å². The average Bonchev–Trinajstić information content (AvgIpc) is 2.78. The largest absolute Gasteiger partial charge is 0.494 e. The standard InChI is InChI=1S/C22H22N4O.CH5N/c1-5-27-18-9-11-21-19(13-18)20(10-8-15(2)16(3)23-4)25-22(26-21)17-7-6-12-24-14-17;1-2/h6-14H,4-5H2,1-3H3;2H2,1H3/b10-8-,16-15-;. The van der Waals surface area contributed by atoms with Gasteiger partial charge in [0.05, 0.1) is 17.8 Å². The van der Waals surface area contributed by atoms with Crippen molar-refractivity contribution in [2.24, 2.45) is 10.7 Å². The average molecular weight is 390 g/mol. The number of pyridine rings is 1. The number of fused-ring (bicyclic) bond motifs is 1. The van der Waals surface area contributed by atoms with E-state index in [1.165, 1.54) is 7.05 Å². The molecular formula is C23H27N5O. The van der Waals surface area contributed by atoms with E-state index >= 15 is 0 Å². The molecule has 3 rings (SSSR count). The number of hydrogen-bond donors (Lipinski definition) is 1. The molecule has 0 spiro atoms. The summed E-state index contributed by atoms with van der Waals surface area (Å²) in [5.74, 6) is 1.44. The normalized spacial score (nSPS) is 11.6. The lowest BCUT2D eigenvalue weighted by molar-refractivity contribution is 0.340. The lowest BCUT2D eigenvalue weighted by Crippen LogP contribution is -1.97. The van der Waals surface area contributed by atoms with E-state index in [9.17, 15) is 0 Å². The van der Waals surface area contributed by atoms with Gasteiger partial charge in [-0.3, -0.25) is 9.98 Å². The number of nitrogens with two attached hydrogens (primary N) is 1. The van der Waals surface area contributed by atoms with Crippen LogP contribution in [-0.4, -0.2) is 35.3 Å². The first kappa shape index (κ1) is 21.9. The molecule has 6 heteroatoms. The van der Waals surface area contributed by atoms with Crippen LogP contribution >= 0.6 is 0 Å². The predicted molar refractivity (Wildman–Crippen MR) is 121 cm³/mol. The number of aliphatic imine (C=N–C) groups is 1. The molecule has 0 aliphatic rings. The first-order valence-corrected chi connectivity index (χ1v) is 9.37. The molecule has 0 radical (unpaired) electrons. The van der Waals surface area contributed by atoms with Gasteiger partial charge in [-0.05, 0) is 76.5 Å². The van der Waals surface area contributed by atoms with Crippen molar-refractivity contribution in [3.63, 3.8) is 0 Å². The molecule has 29 heavy (non-hydrogen) atoms. The Kier molecular flexibility index (Phi) is 8.18. The Balaban J connectivity index is 0.00000145. The van der Waals surface area contributed by atoms with Crippen LogP contribution in [0.1, 0.15) is 26.5 Å². The predicted octanol–water partition coefficient (Wildman–Crippen LogP) is 4.67. The fourth-order valence-electron chi connectivity index (χ4n) is 2.59. The lowest BCUT2D eigenvalue weighted by Gasteiger charge is -2.09. The molecule has 0 fully saturated rings. The van der Waals surface area contributed by atoms with E-state index < -0.39 is 0 Å². The van der Waals surface area contributed by atoms with Gasteiger partial charge in [-0.2, -0.15) is 0 Å². The molecule has 0 amide bonds. The maximum Gasteiger partial charge on any atom is 0.161 e. The van der Waals surface area contributed by atoms with Crippen molar-refractivity contribution in [2.45, 2.75) is 20.8 Å². The monoisotopic (exact) mass is 389 g/mol. The summed E-state index contributed by atoms with van der Waals surface area (Å²) in [4.78, 5) is 17.6. The van der Waals surface area contributed by atoms with Gasteiger partial charge in [0, 0.05) is 29.0 Å². The first-order valence-electron chi connectivity index (χ1n) is 9.37. The molecule has 6 nitrogen and oxygen atoms in total. The van der Waals surface area contributed by atoms with Crippen molar-refractivity contribution >= 4 is 23.7 Å². The Hall–Kier alpha value is -3.38. The van der Waals surface area contributed by atoms with E-state index in [1.54, 1.807) is 12.4 Å². The van der Waals surface area contributed by atoms with Gasteiger partial charge >= 0.3 is 0 Å². The highest BCUT2D eigenvalue weighted by Crippen LogP contribution is 2.26. The summed E-state index contributed by atoms with van der Waals surface area (Å²) in [7, 11) is 1.50. The van der Waals surface area contributed by atoms with Crippen LogP contribution < -0.4 is 10.5 Å². The van der Waals surface area contributed by atoms with Gasteiger partial charge in [0.25, 0.3) is 0 Å². The number of allylic oxidation sites excluding steroid dienone is 3. The van der Waals surface area contributed by atoms with Crippen molar-refractivity contribution in [2.75, 3.05) is 13.7 Å². The van der Waals surface area contributed by atoms with Crippen LogP contribution in [0.4, 0.5) is 0 Å². The molecule has 2 aromatic heterocycles. The zero-order valence-corrected chi connectivity index (χ0v) is 17.4. The van der Waals surface area contributed by atoms with E-state index in [0.29, 0.717) is 12.4 Å². The molecule has 0 atom stereocenters. The second-order valence-electron chi connectivity index (χ2n) is 6.05. The Morgan fingerprint density at radius 2 is 2.00 bits per heavy atom. The number of ether oxygens (including phenoxy) is 1. The third-order valence-electron chi connectivity index (χ3n) is 4.23. The highest BCUT2D eigenvalue weighted by Gasteiger charge is 2.09. The van der Waals surface area contributed by atoms with Gasteiger partial charge in [0.1, 0.15) is 5.75 Å². The molecule has 0 saturated heterocycles. The van der Waals surface area contributed by atoms with E-state index in [1.807, 2.05) is 63.3 Å². The fourth-order valence-corrected chi connectivity index (χ4v) is 2.59. The van der Waals surface area contributed by atoms with Crippen molar-refractivity contribution < 1.29 is 4.74 Å². The summed E-state index contributed by atoms with van der Waals surface area (Å²) in [6.07, 6.45) is 7.47. The summed E-state index contributed by atoms with van der Waals surface area (Å²) < 4.78 is 5.64. The SMILES string of the molecule is C=N/C(C)=C(C)\C=C/c1nc(-c2cccnc2)nc2ccc(OCC)cc12.CN. The third kappa shape index (κ3) is 5.56. The first-order chi connectivity index (χ1) is 14.1. The maximum atomic E-state index is 5.64. The highest BCUT2D eigenvalue weighted by molar-refractivity contribution is 5.89. The quantitative estimate of drug-likeness (QED) is 0.489. The molecule has 0 bridgehead atoms. The second-order valence-corrected chi connectivity index (χ2v) is 6.05. The van der Waals surface area contributed by atoms with Gasteiger partial charge in [-0.1, -0.05) is 6.08 Å². The second kappa shape index (κ2) is 10.8. The molecule has 1 aromatic carbocycles. The van der Waals surface area contributed by atoms with E-state index in [2.05, 4.69) is 22.4 Å². The topological polar surface area (TPSA) is 86.3 Å². The molecular weight excluding hydrogens is 362 g/mol. The maximum absolute atomic E-state index is 5.64. The molecule has 3 aromatic rings. The minimum Gasteiger partial charge on any atom is -0.494 e. The summed E-state index contributed by atoms with van der Waals surface area (Å²) >= 11 is 0. The molecule has 2 heterocycles. The van der Waals surface area contributed by atoms with Crippen LogP contribution in [0.25, 0.3) is 28.4 Å². The summed E-state index contributed by atoms with van der Waals surface area (Å²) in [5.41, 5.74) is 8.95. The van der Waals surface area contributed by atoms with Gasteiger partial charge in [0.2, 0.25) is 0 Å². The van der Waals surface area contributed by atoms with Crippen molar-refractivity contribution in [1.29, 1.82) is 0 Å². The molecule has 0 saturated carbocycles. The van der Waals surface area contributed by atoms with Gasteiger partial charge in [0.15, 0.2) is 5.82 Å². The van der Waals surface area contributed by atoms with Crippen molar-refractivity contribution in [1.82, 2.24) is 15.0 Å². The minimum absolute atomic E-state index is 0.608. The van der Waals surface area contributed by atoms with Crippen LogP contribution in [-0.2, 0) is 0 Å². The van der Waals surface area contributed by atoms with Gasteiger partial charge in [-0.15, -0.1) is 0 Å². The molecule has 0 aliphatic heterocycles. The molecule has 0 unspecified atom stereocenters. The molecule has 0 aliphatic carbocycles. The highest BCUT2D eigenvalue weighted by atomic mass is 16.5. The summed E-state index contributed by atoms with van der Waals surface area (Å²) in [5, 5.41) is 0.932. The van der Waals surface area contributed by atoms with Crippen LogP contribution in [0.5, 0.6) is 5.75 Å². The third-order valence-corrected chi connectivity index (χ3v) is 4.23. The minimum atomic E-state index is 0.608. The van der Waals surface area contributed by atoms with Crippen molar-refractivity contribution in [3.8, 4) is 17.1 Å². The van der Waals surface area contributed by atoms with E-state index in [4.69, 9.17) is 14.7 Å². The zero-order chi connectivity index (χ0) is 21.2. The van der Waals surface area contributed by atoms with Gasteiger partial charge < -0.3 is 10.5 Å². The number of hydrogen-bond acceptors (Lipinski definition) is 6. The van der Waals surface area contributed by atoms with Gasteiger partial charge in [-0.25, -0.2) is 9.97 Å². The number of aromatic nitrogens is 3. The van der Waals surface area contributed by atoms with Crippen molar-refractivity contribution in [3.05, 3.63) is 65.8 Å². The smallest absolute Gasteiger partial charge is 0.161 e. The van der Waals surface area contributed by atoms with Crippen LogP contribution in [0.15, 0.2) is 65.1 Å². The van der Waals surface area contributed by atoms with E-state index in [-0.39, 0.29) is 0 Å². The number of nitrogens with zero attached hydrogens (tertiary/aromatic N) is 4. The summed E-state index contributed by atoms with van der Waals surface area (Å²) in [6, 6.07) is 9.69. The Labute approximate surface area is 171 Å². The zero-order valence-electron chi connectivity index (χ0n) is 17.4. The van der Waals surface area contributed by atoms with Crippen LogP contribution in [0, 0.1) is 0 Å².